The Kier molecular flexibility index (Phi) is 8.14. The third-order valence-electron chi connectivity index (χ3n) is 3.24. The first-order valence-electron chi connectivity index (χ1n) is 7.36. The monoisotopic (exact) mass is 288 g/mol. The van der Waals surface area contributed by atoms with Crippen LogP contribution in [0.4, 0.5) is 0 Å². The minimum Gasteiger partial charge on any atom is -0.463 e. The van der Waals surface area contributed by atoms with Gasteiger partial charge in [-0.15, -0.1) is 6.58 Å². The highest BCUT2D eigenvalue weighted by molar-refractivity contribution is 5.81. The molecule has 2 atom stereocenters. The van der Waals surface area contributed by atoms with E-state index in [4.69, 9.17) is 4.74 Å². The summed E-state index contributed by atoms with van der Waals surface area (Å²) in [5, 5.41) is 10.3. The van der Waals surface area contributed by atoms with E-state index in [1.807, 2.05) is 42.5 Å². The zero-order chi connectivity index (χ0) is 15.5. The number of hydrogen-bond donors (Lipinski definition) is 1. The molecule has 0 saturated heterocycles. The van der Waals surface area contributed by atoms with Crippen LogP contribution in [0.25, 0.3) is 0 Å². The number of allylic oxidation sites excluding steroid dienone is 2. The van der Waals surface area contributed by atoms with Crippen molar-refractivity contribution in [3.05, 3.63) is 60.7 Å². The van der Waals surface area contributed by atoms with E-state index in [9.17, 15) is 9.90 Å². The Morgan fingerprint density at radius 1 is 1.38 bits per heavy atom. The largest absolute Gasteiger partial charge is 0.463 e. The first-order valence-corrected chi connectivity index (χ1v) is 7.36. The summed E-state index contributed by atoms with van der Waals surface area (Å²) in [5.41, 5.74) is 0.894. The highest BCUT2D eigenvalue weighted by atomic mass is 16.5. The second-order valence-corrected chi connectivity index (χ2v) is 4.90. The average molecular weight is 288 g/mol. The van der Waals surface area contributed by atoms with E-state index in [1.54, 1.807) is 6.92 Å². The number of aliphatic hydroxyl groups excluding tert-OH is 1. The van der Waals surface area contributed by atoms with E-state index in [1.165, 1.54) is 6.08 Å². The molecule has 3 heteroatoms. The predicted molar refractivity (Wildman–Crippen MR) is 84.7 cm³/mol. The van der Waals surface area contributed by atoms with Crippen molar-refractivity contribution in [1.29, 1.82) is 0 Å². The van der Waals surface area contributed by atoms with Gasteiger partial charge in [0.2, 0.25) is 0 Å². The normalized spacial score (nSPS) is 13.8. The van der Waals surface area contributed by atoms with Crippen molar-refractivity contribution in [3.8, 4) is 0 Å². The Hall–Kier alpha value is -1.87. The molecule has 1 N–H and O–H groups in total. The maximum Gasteiger partial charge on any atom is 0.330 e. The molecule has 0 fully saturated rings. The first kappa shape index (κ1) is 17.2. The molecule has 0 saturated carbocycles. The second-order valence-electron chi connectivity index (χ2n) is 4.90. The number of carbonyl (C=O) groups excluding carboxylic acids is 1. The average Bonchev–Trinajstić information content (AvgIpc) is 2.51. The quantitative estimate of drug-likeness (QED) is 0.427. The lowest BCUT2D eigenvalue weighted by atomic mass is 9.92. The van der Waals surface area contributed by atoms with E-state index < -0.39 is 6.10 Å². The number of esters is 1. The van der Waals surface area contributed by atoms with Crippen LogP contribution in [0.1, 0.15) is 37.9 Å². The molecule has 1 aromatic carbocycles. The fourth-order valence-electron chi connectivity index (χ4n) is 2.13. The van der Waals surface area contributed by atoms with Crippen LogP contribution in [0.15, 0.2) is 55.1 Å². The fourth-order valence-corrected chi connectivity index (χ4v) is 2.13. The molecule has 21 heavy (non-hydrogen) atoms. The Labute approximate surface area is 127 Å². The SMILES string of the molecule is C=CCC[C@@H](/C=C/C(=O)OCC)C[C@H](O)c1ccccc1. The third-order valence-corrected chi connectivity index (χ3v) is 3.24. The molecule has 0 unspecified atom stereocenters. The van der Waals surface area contributed by atoms with Gasteiger partial charge in [-0.05, 0) is 37.7 Å². The van der Waals surface area contributed by atoms with Crippen LogP contribution in [0.2, 0.25) is 0 Å². The zero-order valence-electron chi connectivity index (χ0n) is 12.6. The molecule has 0 radical (unpaired) electrons. The molecular formula is C18H24O3. The van der Waals surface area contributed by atoms with Crippen LogP contribution in [0.5, 0.6) is 0 Å². The molecule has 1 rings (SSSR count). The van der Waals surface area contributed by atoms with Crippen LogP contribution in [-0.2, 0) is 9.53 Å². The van der Waals surface area contributed by atoms with Gasteiger partial charge in [0.15, 0.2) is 0 Å². The van der Waals surface area contributed by atoms with Gasteiger partial charge in [0.1, 0.15) is 0 Å². The van der Waals surface area contributed by atoms with Gasteiger partial charge in [-0.3, -0.25) is 0 Å². The van der Waals surface area contributed by atoms with E-state index in [0.29, 0.717) is 13.0 Å². The Bertz CT molecular complexity index is 451. The summed E-state index contributed by atoms with van der Waals surface area (Å²) in [6.45, 7) is 5.86. The van der Waals surface area contributed by atoms with Gasteiger partial charge in [-0.1, -0.05) is 42.5 Å². The predicted octanol–water partition coefficient (Wildman–Crippen LogP) is 3.81. The fraction of sp³-hybridized carbons (Fsp3) is 0.389. The summed E-state index contributed by atoms with van der Waals surface area (Å²) < 4.78 is 4.88. The van der Waals surface area contributed by atoms with Crippen molar-refractivity contribution in [2.45, 2.75) is 32.3 Å². The van der Waals surface area contributed by atoms with E-state index >= 15 is 0 Å². The molecule has 0 aromatic heterocycles. The Balaban J connectivity index is 2.64. The van der Waals surface area contributed by atoms with Gasteiger partial charge in [0.05, 0.1) is 12.7 Å². The van der Waals surface area contributed by atoms with Gasteiger partial charge in [-0.25, -0.2) is 4.79 Å². The van der Waals surface area contributed by atoms with Crippen molar-refractivity contribution in [2.24, 2.45) is 5.92 Å². The molecule has 0 heterocycles. The molecule has 0 aliphatic heterocycles. The van der Waals surface area contributed by atoms with Gasteiger partial charge in [-0.2, -0.15) is 0 Å². The van der Waals surface area contributed by atoms with Gasteiger partial charge in [0, 0.05) is 6.08 Å². The summed E-state index contributed by atoms with van der Waals surface area (Å²) in [7, 11) is 0. The van der Waals surface area contributed by atoms with E-state index in [2.05, 4.69) is 6.58 Å². The number of ether oxygens (including phenoxy) is 1. The smallest absolute Gasteiger partial charge is 0.330 e. The van der Waals surface area contributed by atoms with E-state index in [-0.39, 0.29) is 11.9 Å². The van der Waals surface area contributed by atoms with Crippen molar-refractivity contribution < 1.29 is 14.6 Å². The van der Waals surface area contributed by atoms with Gasteiger partial charge < -0.3 is 9.84 Å². The van der Waals surface area contributed by atoms with Crippen LogP contribution >= 0.6 is 0 Å². The highest BCUT2D eigenvalue weighted by Gasteiger charge is 2.14. The minimum absolute atomic E-state index is 0.114. The summed E-state index contributed by atoms with van der Waals surface area (Å²) in [6, 6.07) is 9.55. The van der Waals surface area contributed by atoms with Crippen LogP contribution in [0, 0.1) is 5.92 Å². The lowest BCUT2D eigenvalue weighted by molar-refractivity contribution is -0.137. The molecule has 0 amide bonds. The maximum absolute atomic E-state index is 11.4. The van der Waals surface area contributed by atoms with Crippen LogP contribution in [0.3, 0.4) is 0 Å². The minimum atomic E-state index is -0.534. The molecule has 3 nitrogen and oxygen atoms in total. The number of benzene rings is 1. The maximum atomic E-state index is 11.4. The van der Waals surface area contributed by atoms with Crippen molar-refractivity contribution in [2.75, 3.05) is 6.61 Å². The standard InChI is InChI=1S/C18H24O3/c1-3-5-9-15(12-13-18(20)21-4-2)14-17(19)16-10-7-6-8-11-16/h3,6-8,10-13,15,17,19H,1,4-5,9,14H2,2H3/b13-12+/t15-,17-/m0/s1. The molecule has 0 bridgehead atoms. The molecule has 0 spiro atoms. The molecular weight excluding hydrogens is 264 g/mol. The molecule has 114 valence electrons. The summed E-state index contributed by atoms with van der Waals surface area (Å²) in [6.07, 6.45) is 6.87. The molecule has 0 aliphatic carbocycles. The first-order chi connectivity index (χ1) is 10.2. The Morgan fingerprint density at radius 2 is 2.10 bits per heavy atom. The lowest BCUT2D eigenvalue weighted by Crippen LogP contribution is -2.07. The highest BCUT2D eigenvalue weighted by Crippen LogP contribution is 2.25. The summed E-state index contributed by atoms with van der Waals surface area (Å²) in [4.78, 5) is 11.4. The van der Waals surface area contributed by atoms with E-state index in [0.717, 1.165) is 18.4 Å². The third kappa shape index (κ3) is 6.91. The number of aliphatic hydroxyl groups is 1. The second kappa shape index (κ2) is 9.94. The topological polar surface area (TPSA) is 46.5 Å². The Morgan fingerprint density at radius 3 is 2.71 bits per heavy atom. The zero-order valence-corrected chi connectivity index (χ0v) is 12.6. The van der Waals surface area contributed by atoms with Crippen molar-refractivity contribution in [3.63, 3.8) is 0 Å². The van der Waals surface area contributed by atoms with Crippen molar-refractivity contribution >= 4 is 5.97 Å². The van der Waals surface area contributed by atoms with Gasteiger partial charge >= 0.3 is 5.97 Å². The lowest BCUT2D eigenvalue weighted by Gasteiger charge is -2.17. The molecule has 0 aliphatic rings. The van der Waals surface area contributed by atoms with Crippen LogP contribution < -0.4 is 0 Å². The van der Waals surface area contributed by atoms with Crippen LogP contribution in [-0.4, -0.2) is 17.7 Å². The van der Waals surface area contributed by atoms with Crippen molar-refractivity contribution in [1.82, 2.24) is 0 Å². The molecule has 1 aromatic rings. The van der Waals surface area contributed by atoms with Gasteiger partial charge in [0.25, 0.3) is 0 Å². The number of rotatable bonds is 9. The number of hydrogen-bond acceptors (Lipinski definition) is 3. The summed E-state index contributed by atoms with van der Waals surface area (Å²) >= 11 is 0. The summed E-state index contributed by atoms with van der Waals surface area (Å²) in [5.74, 6) is -0.224. The number of carbonyl (C=O) groups is 1.